The summed E-state index contributed by atoms with van der Waals surface area (Å²) in [5.41, 5.74) is 0.275. The molecule has 1 aromatic carbocycles. The van der Waals surface area contributed by atoms with Gasteiger partial charge in [0.25, 0.3) is 0 Å². The van der Waals surface area contributed by atoms with Gasteiger partial charge >= 0.3 is 0 Å². The van der Waals surface area contributed by atoms with Crippen molar-refractivity contribution in [2.24, 2.45) is 5.92 Å². The van der Waals surface area contributed by atoms with Crippen LogP contribution >= 0.6 is 15.9 Å². The summed E-state index contributed by atoms with van der Waals surface area (Å²) >= 11 is 3.01. The molecule has 2 heterocycles. The second-order valence-corrected chi connectivity index (χ2v) is 6.91. The lowest BCUT2D eigenvalue weighted by atomic mass is 9.83. The lowest BCUT2D eigenvalue weighted by Crippen LogP contribution is -2.50. The summed E-state index contributed by atoms with van der Waals surface area (Å²) in [4.78, 5) is 13.8. The Morgan fingerprint density at radius 2 is 1.91 bits per heavy atom. The monoisotopic (exact) mass is 372 g/mol. The van der Waals surface area contributed by atoms with E-state index in [1.54, 1.807) is 0 Å². The summed E-state index contributed by atoms with van der Waals surface area (Å²) in [5.74, 6) is -0.353. The number of nitrogens with zero attached hydrogens (tertiary/aromatic N) is 1. The van der Waals surface area contributed by atoms with Crippen molar-refractivity contribution in [2.75, 3.05) is 24.5 Å². The highest BCUT2D eigenvalue weighted by molar-refractivity contribution is 9.10. The molecule has 120 valence electrons. The second kappa shape index (κ2) is 6.62. The molecule has 6 heteroatoms. The molecule has 1 atom stereocenters. The summed E-state index contributed by atoms with van der Waals surface area (Å²) in [6.45, 7) is 2.30. The maximum atomic E-state index is 14.3. The van der Waals surface area contributed by atoms with E-state index in [0.717, 1.165) is 25.9 Å². The second-order valence-electron chi connectivity index (χ2n) is 6.06. The molecule has 0 amide bonds. The number of ketones is 1. The molecule has 0 bridgehead atoms. The minimum Gasteiger partial charge on any atom is -0.365 e. The number of rotatable bonds is 2. The van der Waals surface area contributed by atoms with Crippen LogP contribution in [0.3, 0.4) is 0 Å². The molecule has 0 aromatic heterocycles. The fourth-order valence-electron chi connectivity index (χ4n) is 3.54. The predicted octanol–water partition coefficient (Wildman–Crippen LogP) is 3.26. The van der Waals surface area contributed by atoms with Gasteiger partial charge in [-0.3, -0.25) is 4.79 Å². The minimum atomic E-state index is -0.475. The van der Waals surface area contributed by atoms with Gasteiger partial charge in [-0.15, -0.1) is 0 Å². The molecular weight excluding hydrogens is 354 g/mol. The number of piperidine rings is 2. The zero-order chi connectivity index (χ0) is 15.7. The fraction of sp³-hybridized carbons (Fsp3) is 0.562. The number of benzene rings is 1. The summed E-state index contributed by atoms with van der Waals surface area (Å²) in [6, 6.07) is 2.38. The number of hydrogen-bond donors (Lipinski definition) is 1. The quantitative estimate of drug-likeness (QED) is 0.808. The van der Waals surface area contributed by atoms with Crippen molar-refractivity contribution in [1.82, 2.24) is 5.32 Å². The minimum absolute atomic E-state index is 0.0292. The molecule has 2 aliphatic rings. The fourth-order valence-corrected chi connectivity index (χ4v) is 3.85. The Labute approximate surface area is 137 Å². The first kappa shape index (κ1) is 15.9. The van der Waals surface area contributed by atoms with Crippen LogP contribution in [0.5, 0.6) is 0 Å². The van der Waals surface area contributed by atoms with Crippen LogP contribution in [0.4, 0.5) is 14.5 Å². The predicted molar refractivity (Wildman–Crippen MR) is 85.0 cm³/mol. The number of carbonyl (C=O) groups is 1. The van der Waals surface area contributed by atoms with E-state index in [1.165, 1.54) is 12.1 Å². The van der Waals surface area contributed by atoms with E-state index in [1.807, 2.05) is 4.90 Å². The Morgan fingerprint density at radius 1 is 1.18 bits per heavy atom. The first-order valence-corrected chi connectivity index (χ1v) is 8.49. The van der Waals surface area contributed by atoms with Crippen molar-refractivity contribution < 1.29 is 13.6 Å². The molecular formula is C16H19BrF2N2O. The number of hydrogen-bond acceptors (Lipinski definition) is 3. The topological polar surface area (TPSA) is 32.3 Å². The van der Waals surface area contributed by atoms with Crippen molar-refractivity contribution in [3.8, 4) is 0 Å². The van der Waals surface area contributed by atoms with Gasteiger partial charge in [-0.25, -0.2) is 8.78 Å². The number of Topliss-reactive ketones (excluding diaryl/α,β-unsaturated/α-hetero) is 1. The van der Waals surface area contributed by atoms with Gasteiger partial charge in [0.2, 0.25) is 0 Å². The van der Waals surface area contributed by atoms with Gasteiger partial charge in [-0.2, -0.15) is 0 Å². The Balaban J connectivity index is 1.92. The van der Waals surface area contributed by atoms with E-state index in [0.29, 0.717) is 25.3 Å². The largest absolute Gasteiger partial charge is 0.365 e. The highest BCUT2D eigenvalue weighted by Gasteiger charge is 2.35. The van der Waals surface area contributed by atoms with E-state index in [4.69, 9.17) is 0 Å². The average Bonchev–Trinajstić information content (AvgIpc) is 2.52. The van der Waals surface area contributed by atoms with Crippen LogP contribution in [-0.2, 0) is 4.79 Å². The molecule has 2 aliphatic heterocycles. The van der Waals surface area contributed by atoms with E-state index in [2.05, 4.69) is 21.2 Å². The zero-order valence-corrected chi connectivity index (χ0v) is 13.8. The number of nitrogens with one attached hydrogen (secondary N) is 1. The summed E-state index contributed by atoms with van der Waals surface area (Å²) in [5, 5.41) is 3.30. The van der Waals surface area contributed by atoms with Gasteiger partial charge in [0, 0.05) is 31.5 Å². The normalized spacial score (nSPS) is 23.9. The molecule has 0 aliphatic carbocycles. The Kier molecular flexibility index (Phi) is 4.78. The molecule has 3 rings (SSSR count). The van der Waals surface area contributed by atoms with Crippen molar-refractivity contribution in [1.29, 1.82) is 0 Å². The highest BCUT2D eigenvalue weighted by atomic mass is 79.9. The van der Waals surface area contributed by atoms with E-state index < -0.39 is 11.6 Å². The van der Waals surface area contributed by atoms with Crippen LogP contribution in [0.2, 0.25) is 0 Å². The highest BCUT2D eigenvalue weighted by Crippen LogP contribution is 2.34. The lowest BCUT2D eigenvalue weighted by Gasteiger charge is -2.43. The number of carbonyl (C=O) groups excluding carboxylic acids is 1. The van der Waals surface area contributed by atoms with E-state index >= 15 is 0 Å². The summed E-state index contributed by atoms with van der Waals surface area (Å²) in [7, 11) is 0. The van der Waals surface area contributed by atoms with Crippen molar-refractivity contribution in [3.63, 3.8) is 0 Å². The molecule has 0 saturated carbocycles. The molecule has 22 heavy (non-hydrogen) atoms. The third kappa shape index (κ3) is 3.18. The lowest BCUT2D eigenvalue weighted by molar-refractivity contribution is -0.120. The smallest absolute Gasteiger partial charge is 0.147 e. The third-order valence-electron chi connectivity index (χ3n) is 4.70. The van der Waals surface area contributed by atoms with Gasteiger partial charge in [-0.1, -0.05) is 0 Å². The zero-order valence-electron chi connectivity index (χ0n) is 12.2. The molecule has 0 radical (unpaired) electrons. The molecule has 0 spiro atoms. The first-order chi connectivity index (χ1) is 10.6. The van der Waals surface area contributed by atoms with Gasteiger partial charge in [0.1, 0.15) is 17.4 Å². The van der Waals surface area contributed by atoms with Crippen LogP contribution in [-0.4, -0.2) is 31.5 Å². The van der Waals surface area contributed by atoms with Crippen LogP contribution < -0.4 is 10.2 Å². The van der Waals surface area contributed by atoms with Crippen LogP contribution in [0.25, 0.3) is 0 Å². The molecule has 1 unspecified atom stereocenters. The molecule has 1 aromatic rings. The average molecular weight is 373 g/mol. The van der Waals surface area contributed by atoms with Gasteiger partial charge in [0.15, 0.2) is 0 Å². The van der Waals surface area contributed by atoms with Gasteiger partial charge in [0.05, 0.1) is 10.2 Å². The van der Waals surface area contributed by atoms with Gasteiger partial charge in [-0.05, 0) is 53.8 Å². The maximum Gasteiger partial charge on any atom is 0.147 e. The molecule has 2 fully saturated rings. The molecule has 1 N–H and O–H groups in total. The molecule has 2 saturated heterocycles. The van der Waals surface area contributed by atoms with E-state index in [9.17, 15) is 13.6 Å². The van der Waals surface area contributed by atoms with E-state index in [-0.39, 0.29) is 22.0 Å². The number of halogens is 3. The van der Waals surface area contributed by atoms with Crippen LogP contribution in [0.15, 0.2) is 16.6 Å². The standard InChI is InChI=1S/C16H19BrF2N2O/c17-12-8-14(19)16(9-13(12)18)21-6-3-11(22)7-15(21)10-1-4-20-5-2-10/h8-10,15,20H,1-7H2. The molecule has 3 nitrogen and oxygen atoms in total. The Hall–Kier alpha value is -1.01. The van der Waals surface area contributed by atoms with Gasteiger partial charge < -0.3 is 10.2 Å². The summed E-state index contributed by atoms with van der Waals surface area (Å²) in [6.07, 6.45) is 2.77. The Bertz CT molecular complexity index is 576. The maximum absolute atomic E-state index is 14.3. The van der Waals surface area contributed by atoms with Crippen LogP contribution in [0, 0.1) is 17.6 Å². The SMILES string of the molecule is O=C1CCN(c2cc(F)c(Br)cc2F)C(C2CCNCC2)C1. The van der Waals surface area contributed by atoms with Crippen molar-refractivity contribution in [2.45, 2.75) is 31.7 Å². The van der Waals surface area contributed by atoms with Crippen LogP contribution in [0.1, 0.15) is 25.7 Å². The Morgan fingerprint density at radius 3 is 2.64 bits per heavy atom. The van der Waals surface area contributed by atoms with Crippen molar-refractivity contribution >= 4 is 27.4 Å². The third-order valence-corrected chi connectivity index (χ3v) is 5.30. The first-order valence-electron chi connectivity index (χ1n) is 7.70. The summed E-state index contributed by atoms with van der Waals surface area (Å²) < 4.78 is 28.3. The number of anilines is 1. The van der Waals surface area contributed by atoms with Crippen molar-refractivity contribution in [3.05, 3.63) is 28.2 Å².